The lowest BCUT2D eigenvalue weighted by molar-refractivity contribution is -0.121. The van der Waals surface area contributed by atoms with Crippen molar-refractivity contribution in [1.29, 1.82) is 0 Å². The van der Waals surface area contributed by atoms with Crippen LogP contribution in [0.1, 0.15) is 5.56 Å². The Morgan fingerprint density at radius 3 is 2.32 bits per heavy atom. The number of carbonyl (C=O) groups is 2. The van der Waals surface area contributed by atoms with Gasteiger partial charge in [-0.2, -0.15) is 5.10 Å². The van der Waals surface area contributed by atoms with E-state index >= 15 is 0 Å². The first-order chi connectivity index (χ1) is 16.5. The smallest absolute Gasteiger partial charge is 0.321 e. The van der Waals surface area contributed by atoms with Crippen LogP contribution in [0.15, 0.2) is 84.0 Å². The molecule has 2 aliphatic heterocycles. The Morgan fingerprint density at radius 2 is 1.62 bits per heavy atom. The Bertz CT molecular complexity index is 1250. The summed E-state index contributed by atoms with van der Waals surface area (Å²) in [6, 6.07) is 23.0. The van der Waals surface area contributed by atoms with Crippen LogP contribution in [-0.4, -0.2) is 53.2 Å². The lowest BCUT2D eigenvalue weighted by Crippen LogP contribution is -2.56. The number of rotatable bonds is 4. The summed E-state index contributed by atoms with van der Waals surface area (Å²) in [5.41, 5.74) is 9.52. The first-order valence-electron chi connectivity index (χ1n) is 11.1. The maximum Gasteiger partial charge on any atom is 0.321 e. The highest BCUT2D eigenvalue weighted by molar-refractivity contribution is 6.14. The molecule has 3 aromatic carbocycles. The molecule has 0 aliphatic carbocycles. The molecular formula is C26H24FN5O2. The van der Waals surface area contributed by atoms with Crippen molar-refractivity contribution in [3.8, 4) is 11.1 Å². The van der Waals surface area contributed by atoms with E-state index in [1.165, 1.54) is 12.1 Å². The quantitative estimate of drug-likeness (QED) is 0.628. The average molecular weight is 458 g/mol. The van der Waals surface area contributed by atoms with E-state index in [1.807, 2.05) is 54.6 Å². The van der Waals surface area contributed by atoms with E-state index in [4.69, 9.17) is 5.73 Å². The Labute approximate surface area is 196 Å². The molecule has 7 nitrogen and oxygen atoms in total. The zero-order valence-electron chi connectivity index (χ0n) is 18.4. The molecule has 5 rings (SSSR count). The number of piperazine rings is 1. The predicted molar refractivity (Wildman–Crippen MR) is 129 cm³/mol. The lowest BCUT2D eigenvalue weighted by atomic mass is 9.89. The van der Waals surface area contributed by atoms with Gasteiger partial charge < -0.3 is 16.0 Å². The third-order valence-electron chi connectivity index (χ3n) is 6.26. The molecule has 0 aromatic heterocycles. The van der Waals surface area contributed by atoms with Gasteiger partial charge in [0.25, 0.3) is 0 Å². The van der Waals surface area contributed by atoms with Crippen molar-refractivity contribution in [2.45, 2.75) is 6.04 Å². The number of nitrogens with one attached hydrogen (secondary N) is 1. The third-order valence-corrected chi connectivity index (χ3v) is 6.26. The molecule has 0 saturated carbocycles. The van der Waals surface area contributed by atoms with Crippen LogP contribution in [0.4, 0.5) is 14.9 Å². The van der Waals surface area contributed by atoms with Crippen LogP contribution >= 0.6 is 0 Å². The standard InChI is InChI=1S/C26H24FN5O2/c27-20-8-4-7-19(15-20)24-23(25(28)33)22-16-31(13-14-32(22)30-24)26(34)29-21-11-9-18(10-12-21)17-5-2-1-3-6-17/h1-12,15,22-23H,13-14,16H2,(H2,28,33)(H,29,34). The molecule has 3 amide bonds. The number of urea groups is 1. The average Bonchev–Trinajstić information content (AvgIpc) is 3.24. The second-order valence-corrected chi connectivity index (χ2v) is 8.43. The maximum atomic E-state index is 13.8. The van der Waals surface area contributed by atoms with Crippen LogP contribution in [0.2, 0.25) is 0 Å². The van der Waals surface area contributed by atoms with Gasteiger partial charge in [-0.25, -0.2) is 9.18 Å². The third kappa shape index (κ3) is 4.22. The van der Waals surface area contributed by atoms with Crippen LogP contribution < -0.4 is 11.1 Å². The van der Waals surface area contributed by atoms with Crippen molar-refractivity contribution in [2.75, 3.05) is 25.0 Å². The summed E-state index contributed by atoms with van der Waals surface area (Å²) in [5, 5.41) is 9.28. The van der Waals surface area contributed by atoms with Gasteiger partial charge in [0.05, 0.1) is 18.3 Å². The number of nitrogens with zero attached hydrogens (tertiary/aromatic N) is 3. The molecule has 3 N–H and O–H groups in total. The van der Waals surface area contributed by atoms with Crippen molar-refractivity contribution in [2.24, 2.45) is 16.8 Å². The molecule has 2 aliphatic rings. The van der Waals surface area contributed by atoms with E-state index in [9.17, 15) is 14.0 Å². The number of nitrogens with two attached hydrogens (primary N) is 1. The van der Waals surface area contributed by atoms with E-state index in [2.05, 4.69) is 10.4 Å². The molecule has 2 atom stereocenters. The van der Waals surface area contributed by atoms with Gasteiger partial charge in [0.2, 0.25) is 5.91 Å². The normalized spacial score (nSPS) is 19.4. The molecule has 172 valence electrons. The monoisotopic (exact) mass is 457 g/mol. The molecule has 34 heavy (non-hydrogen) atoms. The second-order valence-electron chi connectivity index (χ2n) is 8.43. The molecule has 0 radical (unpaired) electrons. The number of hydrogen-bond donors (Lipinski definition) is 2. The van der Waals surface area contributed by atoms with E-state index in [0.717, 1.165) is 11.1 Å². The van der Waals surface area contributed by atoms with Crippen LogP contribution in [0, 0.1) is 11.7 Å². The number of fused-ring (bicyclic) bond motifs is 1. The van der Waals surface area contributed by atoms with Crippen molar-refractivity contribution < 1.29 is 14.0 Å². The van der Waals surface area contributed by atoms with E-state index in [-0.39, 0.29) is 12.6 Å². The fourth-order valence-electron chi connectivity index (χ4n) is 4.56. The summed E-state index contributed by atoms with van der Waals surface area (Å²) in [6.07, 6.45) is 0. The van der Waals surface area contributed by atoms with Gasteiger partial charge in [-0.1, -0.05) is 54.6 Å². The summed E-state index contributed by atoms with van der Waals surface area (Å²) in [7, 11) is 0. The summed E-state index contributed by atoms with van der Waals surface area (Å²) < 4.78 is 13.8. The van der Waals surface area contributed by atoms with Gasteiger partial charge in [-0.3, -0.25) is 9.80 Å². The van der Waals surface area contributed by atoms with Gasteiger partial charge in [0, 0.05) is 24.3 Å². The number of halogens is 1. The molecule has 1 fully saturated rings. The van der Waals surface area contributed by atoms with Gasteiger partial charge in [-0.05, 0) is 35.4 Å². The Balaban J connectivity index is 1.28. The van der Waals surface area contributed by atoms with Crippen molar-refractivity contribution in [3.05, 3.63) is 90.2 Å². The predicted octanol–water partition coefficient (Wildman–Crippen LogP) is 3.53. The molecule has 3 aromatic rings. The molecular weight excluding hydrogens is 433 g/mol. The van der Waals surface area contributed by atoms with Gasteiger partial charge in [-0.15, -0.1) is 0 Å². The topological polar surface area (TPSA) is 91.0 Å². The molecule has 0 spiro atoms. The van der Waals surface area contributed by atoms with Crippen LogP contribution in [0.25, 0.3) is 11.1 Å². The molecule has 2 unspecified atom stereocenters. The molecule has 1 saturated heterocycles. The van der Waals surface area contributed by atoms with Crippen molar-refractivity contribution >= 4 is 23.3 Å². The SMILES string of the molecule is NC(=O)C1C(c2cccc(F)c2)=NN2CCN(C(=O)Nc3ccc(-c4ccccc4)cc3)CC12. The van der Waals surface area contributed by atoms with Crippen LogP contribution in [-0.2, 0) is 4.79 Å². The number of amides is 3. The van der Waals surface area contributed by atoms with Crippen molar-refractivity contribution in [3.63, 3.8) is 0 Å². The highest BCUT2D eigenvalue weighted by Gasteiger charge is 2.45. The second kappa shape index (κ2) is 8.97. The Morgan fingerprint density at radius 1 is 0.912 bits per heavy atom. The van der Waals surface area contributed by atoms with Gasteiger partial charge in [0.15, 0.2) is 0 Å². The number of carbonyl (C=O) groups excluding carboxylic acids is 2. The summed E-state index contributed by atoms with van der Waals surface area (Å²) >= 11 is 0. The number of hydrazone groups is 1. The molecule has 2 heterocycles. The minimum Gasteiger partial charge on any atom is -0.369 e. The number of primary amides is 1. The van der Waals surface area contributed by atoms with Crippen LogP contribution in [0.5, 0.6) is 0 Å². The fraction of sp³-hybridized carbons (Fsp3) is 0.192. The minimum absolute atomic E-state index is 0.255. The largest absolute Gasteiger partial charge is 0.369 e. The first-order valence-corrected chi connectivity index (χ1v) is 11.1. The minimum atomic E-state index is -0.734. The molecule has 0 bridgehead atoms. The van der Waals surface area contributed by atoms with E-state index < -0.39 is 23.7 Å². The molecule has 8 heteroatoms. The number of hydrogen-bond acceptors (Lipinski definition) is 4. The van der Waals surface area contributed by atoms with Crippen molar-refractivity contribution in [1.82, 2.24) is 9.91 Å². The van der Waals surface area contributed by atoms with Gasteiger partial charge in [0.1, 0.15) is 11.7 Å². The zero-order chi connectivity index (χ0) is 23.7. The van der Waals surface area contributed by atoms with E-state index in [1.54, 1.807) is 22.0 Å². The number of benzene rings is 3. The van der Waals surface area contributed by atoms with E-state index in [0.29, 0.717) is 30.1 Å². The van der Waals surface area contributed by atoms with Crippen LogP contribution in [0.3, 0.4) is 0 Å². The lowest BCUT2D eigenvalue weighted by Gasteiger charge is -2.38. The Kier molecular flexibility index (Phi) is 5.71. The number of anilines is 1. The highest BCUT2D eigenvalue weighted by atomic mass is 19.1. The maximum absolute atomic E-state index is 13.8. The highest BCUT2D eigenvalue weighted by Crippen LogP contribution is 2.30. The zero-order valence-corrected chi connectivity index (χ0v) is 18.4. The summed E-state index contributed by atoms with van der Waals surface area (Å²) in [5.74, 6) is -1.69. The summed E-state index contributed by atoms with van der Waals surface area (Å²) in [6.45, 7) is 1.17. The van der Waals surface area contributed by atoms with Gasteiger partial charge >= 0.3 is 6.03 Å². The summed E-state index contributed by atoms with van der Waals surface area (Å²) in [4.78, 5) is 27.0. The fourth-order valence-corrected chi connectivity index (χ4v) is 4.56. The Hall–Kier alpha value is -4.20. The first kappa shape index (κ1) is 21.6.